The highest BCUT2D eigenvalue weighted by molar-refractivity contribution is 7.18. The van der Waals surface area contributed by atoms with E-state index in [-0.39, 0.29) is 0 Å². The summed E-state index contributed by atoms with van der Waals surface area (Å²) < 4.78 is 0. The monoisotopic (exact) mass is 309 g/mol. The van der Waals surface area contributed by atoms with Gasteiger partial charge in [0.1, 0.15) is 0 Å². The van der Waals surface area contributed by atoms with Gasteiger partial charge in [-0.05, 0) is 17.7 Å². The van der Waals surface area contributed by atoms with Gasteiger partial charge in [0.2, 0.25) is 10.3 Å². The predicted octanol–water partition coefficient (Wildman–Crippen LogP) is 2.10. The molecule has 2 aromatic rings. The van der Waals surface area contributed by atoms with Gasteiger partial charge in [-0.25, -0.2) is 0 Å². The summed E-state index contributed by atoms with van der Waals surface area (Å²) in [5, 5.41) is 10.2. The molecule has 0 unspecified atom stereocenters. The Labute approximate surface area is 127 Å². The molecule has 1 aliphatic rings. The molecule has 0 saturated carbocycles. The standard InChI is InChI=1S/C13H16ClN5S/c14-11-3-1-2-10(8-11)9-18-4-6-19(7-5-18)13-17-16-12(15)20-13/h1-3,8H,4-7,9H2,(H2,15,16). The van der Waals surface area contributed by atoms with Gasteiger partial charge < -0.3 is 10.6 Å². The SMILES string of the molecule is Nc1nnc(N2CCN(Cc3cccc(Cl)c3)CC2)s1. The first-order valence-corrected chi connectivity index (χ1v) is 7.71. The van der Waals surface area contributed by atoms with Crippen molar-refractivity contribution in [3.05, 3.63) is 34.9 Å². The molecule has 1 aliphatic heterocycles. The summed E-state index contributed by atoms with van der Waals surface area (Å²) in [4.78, 5) is 4.66. The molecule has 1 aromatic carbocycles. The fourth-order valence-electron chi connectivity index (χ4n) is 2.34. The predicted molar refractivity (Wildman–Crippen MR) is 83.3 cm³/mol. The Bertz CT molecular complexity index is 580. The molecule has 0 bridgehead atoms. The smallest absolute Gasteiger partial charge is 0.210 e. The van der Waals surface area contributed by atoms with Crippen LogP contribution in [-0.2, 0) is 6.54 Å². The van der Waals surface area contributed by atoms with Gasteiger partial charge in [-0.2, -0.15) is 0 Å². The first-order valence-electron chi connectivity index (χ1n) is 6.51. The van der Waals surface area contributed by atoms with Crippen LogP contribution in [0, 0.1) is 0 Å². The van der Waals surface area contributed by atoms with Crippen molar-refractivity contribution in [3.63, 3.8) is 0 Å². The minimum absolute atomic E-state index is 0.529. The van der Waals surface area contributed by atoms with Gasteiger partial charge in [-0.15, -0.1) is 10.2 Å². The van der Waals surface area contributed by atoms with Gasteiger partial charge in [-0.1, -0.05) is 35.1 Å². The lowest BCUT2D eigenvalue weighted by atomic mass is 10.2. The normalized spacial score (nSPS) is 16.6. The minimum atomic E-state index is 0.529. The second kappa shape index (κ2) is 5.95. The maximum absolute atomic E-state index is 6.02. The second-order valence-electron chi connectivity index (χ2n) is 4.82. The molecular formula is C13H16ClN5S. The molecule has 1 saturated heterocycles. The summed E-state index contributed by atoms with van der Waals surface area (Å²) in [5.41, 5.74) is 6.88. The molecule has 0 aliphatic carbocycles. The van der Waals surface area contributed by atoms with Crippen molar-refractivity contribution < 1.29 is 0 Å². The molecule has 7 heteroatoms. The van der Waals surface area contributed by atoms with Gasteiger partial charge >= 0.3 is 0 Å². The number of nitrogens with zero attached hydrogens (tertiary/aromatic N) is 4. The number of nitrogens with two attached hydrogens (primary N) is 1. The quantitative estimate of drug-likeness (QED) is 0.941. The number of benzene rings is 1. The van der Waals surface area contributed by atoms with Crippen molar-refractivity contribution >= 4 is 33.2 Å². The van der Waals surface area contributed by atoms with E-state index in [1.165, 1.54) is 16.9 Å². The average Bonchev–Trinajstić information content (AvgIpc) is 2.86. The summed E-state index contributed by atoms with van der Waals surface area (Å²) in [5.74, 6) is 0. The van der Waals surface area contributed by atoms with E-state index in [0.29, 0.717) is 5.13 Å². The number of anilines is 2. The maximum atomic E-state index is 6.02. The Hall–Kier alpha value is -1.37. The minimum Gasteiger partial charge on any atom is -0.374 e. The van der Waals surface area contributed by atoms with E-state index in [9.17, 15) is 0 Å². The Balaban J connectivity index is 1.56. The molecule has 20 heavy (non-hydrogen) atoms. The van der Waals surface area contributed by atoms with E-state index in [4.69, 9.17) is 17.3 Å². The van der Waals surface area contributed by atoms with Crippen LogP contribution in [-0.4, -0.2) is 41.3 Å². The molecule has 1 fully saturated rings. The van der Waals surface area contributed by atoms with Crippen LogP contribution in [0.3, 0.4) is 0 Å². The van der Waals surface area contributed by atoms with Crippen molar-refractivity contribution in [2.75, 3.05) is 36.8 Å². The van der Waals surface area contributed by atoms with Crippen LogP contribution in [0.4, 0.5) is 10.3 Å². The number of rotatable bonds is 3. The molecule has 5 nitrogen and oxygen atoms in total. The Morgan fingerprint density at radius 3 is 2.65 bits per heavy atom. The number of aromatic nitrogens is 2. The Morgan fingerprint density at radius 2 is 2.00 bits per heavy atom. The van der Waals surface area contributed by atoms with Crippen LogP contribution >= 0.6 is 22.9 Å². The average molecular weight is 310 g/mol. The summed E-state index contributed by atoms with van der Waals surface area (Å²) in [7, 11) is 0. The number of piperazine rings is 1. The number of hydrogen-bond donors (Lipinski definition) is 1. The molecular weight excluding hydrogens is 294 g/mol. The Kier molecular flexibility index (Phi) is 4.05. The molecule has 0 spiro atoms. The third kappa shape index (κ3) is 3.20. The first kappa shape index (κ1) is 13.6. The third-order valence-corrected chi connectivity index (χ3v) is 4.42. The zero-order valence-electron chi connectivity index (χ0n) is 11.0. The van der Waals surface area contributed by atoms with E-state index in [0.717, 1.165) is 42.9 Å². The number of nitrogen functional groups attached to an aromatic ring is 1. The van der Waals surface area contributed by atoms with E-state index in [1.54, 1.807) is 0 Å². The molecule has 106 valence electrons. The van der Waals surface area contributed by atoms with E-state index in [2.05, 4.69) is 26.1 Å². The summed E-state index contributed by atoms with van der Waals surface area (Å²) >= 11 is 7.46. The van der Waals surface area contributed by atoms with Gasteiger partial charge in [0.25, 0.3) is 0 Å². The fraction of sp³-hybridized carbons (Fsp3) is 0.385. The van der Waals surface area contributed by atoms with Crippen LogP contribution in [0.1, 0.15) is 5.56 Å². The van der Waals surface area contributed by atoms with Gasteiger partial charge in [0.05, 0.1) is 0 Å². The largest absolute Gasteiger partial charge is 0.374 e. The van der Waals surface area contributed by atoms with Crippen LogP contribution in [0.25, 0.3) is 0 Å². The van der Waals surface area contributed by atoms with Crippen LogP contribution in [0.2, 0.25) is 5.02 Å². The lowest BCUT2D eigenvalue weighted by Gasteiger charge is -2.34. The molecule has 3 rings (SSSR count). The summed E-state index contributed by atoms with van der Waals surface area (Å²) in [6.07, 6.45) is 0. The zero-order chi connectivity index (χ0) is 13.9. The van der Waals surface area contributed by atoms with Crippen molar-refractivity contribution in [1.29, 1.82) is 0 Å². The first-order chi connectivity index (χ1) is 9.70. The van der Waals surface area contributed by atoms with E-state index in [1.807, 2.05) is 18.2 Å². The fourth-order valence-corrected chi connectivity index (χ4v) is 3.22. The highest BCUT2D eigenvalue weighted by Gasteiger charge is 2.19. The number of hydrogen-bond acceptors (Lipinski definition) is 6. The van der Waals surface area contributed by atoms with Crippen molar-refractivity contribution in [3.8, 4) is 0 Å². The van der Waals surface area contributed by atoms with Crippen molar-refractivity contribution in [2.24, 2.45) is 0 Å². The van der Waals surface area contributed by atoms with Gasteiger partial charge in [-0.3, -0.25) is 4.90 Å². The molecule has 0 atom stereocenters. The lowest BCUT2D eigenvalue weighted by molar-refractivity contribution is 0.249. The molecule has 1 aromatic heterocycles. The van der Waals surface area contributed by atoms with Crippen molar-refractivity contribution in [2.45, 2.75) is 6.54 Å². The molecule has 2 N–H and O–H groups in total. The number of halogens is 1. The van der Waals surface area contributed by atoms with Gasteiger partial charge in [0.15, 0.2) is 0 Å². The molecule has 2 heterocycles. The summed E-state index contributed by atoms with van der Waals surface area (Å²) in [6, 6.07) is 8.05. The third-order valence-electron chi connectivity index (χ3n) is 3.37. The molecule has 0 amide bonds. The molecule has 0 radical (unpaired) electrons. The zero-order valence-corrected chi connectivity index (χ0v) is 12.6. The van der Waals surface area contributed by atoms with Crippen LogP contribution < -0.4 is 10.6 Å². The van der Waals surface area contributed by atoms with Gasteiger partial charge in [0, 0.05) is 37.7 Å². The second-order valence-corrected chi connectivity index (χ2v) is 6.24. The van der Waals surface area contributed by atoms with Crippen LogP contribution in [0.15, 0.2) is 24.3 Å². The highest BCUT2D eigenvalue weighted by atomic mass is 35.5. The topological polar surface area (TPSA) is 58.3 Å². The van der Waals surface area contributed by atoms with Crippen molar-refractivity contribution in [1.82, 2.24) is 15.1 Å². The Morgan fingerprint density at radius 1 is 1.20 bits per heavy atom. The van der Waals surface area contributed by atoms with Crippen LogP contribution in [0.5, 0.6) is 0 Å². The maximum Gasteiger partial charge on any atom is 0.210 e. The summed E-state index contributed by atoms with van der Waals surface area (Å²) in [6.45, 7) is 4.86. The van der Waals surface area contributed by atoms with E-state index >= 15 is 0 Å². The van der Waals surface area contributed by atoms with E-state index < -0.39 is 0 Å². The lowest BCUT2D eigenvalue weighted by Crippen LogP contribution is -2.45. The highest BCUT2D eigenvalue weighted by Crippen LogP contribution is 2.23.